The number of carbonyl (C=O) groups excluding carboxylic acids is 1. The van der Waals surface area contributed by atoms with E-state index in [4.69, 9.17) is 0 Å². The van der Waals surface area contributed by atoms with E-state index in [0.717, 1.165) is 24.4 Å². The smallest absolute Gasteiger partial charge is 0.269 e. The maximum atomic E-state index is 11.4. The molecule has 0 N–H and O–H groups in total. The van der Waals surface area contributed by atoms with Crippen molar-refractivity contribution < 1.29 is 4.79 Å². The summed E-state index contributed by atoms with van der Waals surface area (Å²) < 4.78 is 0. The van der Waals surface area contributed by atoms with Gasteiger partial charge in [0.25, 0.3) is 5.91 Å². The summed E-state index contributed by atoms with van der Waals surface area (Å²) in [5, 5.41) is 0. The maximum Gasteiger partial charge on any atom is 0.269 e. The van der Waals surface area contributed by atoms with Gasteiger partial charge < -0.3 is 4.90 Å². The SMILES string of the molecule is CC1=C(N2CCCC2)C=CC2C=CC(=O)N=C12. The van der Waals surface area contributed by atoms with Gasteiger partial charge in [-0.2, -0.15) is 0 Å². The van der Waals surface area contributed by atoms with Crippen molar-refractivity contribution in [2.45, 2.75) is 19.8 Å². The third kappa shape index (κ3) is 1.75. The number of hydrogen-bond donors (Lipinski definition) is 0. The number of hydrogen-bond acceptors (Lipinski definition) is 2. The number of likely N-dealkylation sites (tertiary alicyclic amines) is 1. The second-order valence-corrected chi connectivity index (χ2v) is 4.78. The zero-order valence-corrected chi connectivity index (χ0v) is 10.0. The Bertz CT molecular complexity index is 476. The number of carbonyl (C=O) groups is 1. The van der Waals surface area contributed by atoms with Crippen LogP contribution in [0.15, 0.2) is 40.6 Å². The normalized spacial score (nSPS) is 27.6. The van der Waals surface area contributed by atoms with E-state index < -0.39 is 0 Å². The van der Waals surface area contributed by atoms with Crippen LogP contribution in [0.25, 0.3) is 0 Å². The molecule has 2 heterocycles. The van der Waals surface area contributed by atoms with E-state index in [1.807, 2.05) is 6.08 Å². The summed E-state index contributed by atoms with van der Waals surface area (Å²) in [6.07, 6.45) is 10.4. The van der Waals surface area contributed by atoms with Crippen LogP contribution in [0.2, 0.25) is 0 Å². The van der Waals surface area contributed by atoms with Gasteiger partial charge in [0.1, 0.15) is 0 Å². The molecule has 1 saturated heterocycles. The molecule has 3 rings (SSSR count). The first-order valence-electron chi connectivity index (χ1n) is 6.21. The molecule has 1 fully saturated rings. The largest absolute Gasteiger partial charge is 0.371 e. The fraction of sp³-hybridized carbons (Fsp3) is 0.429. The van der Waals surface area contributed by atoms with E-state index in [1.54, 1.807) is 6.08 Å². The van der Waals surface area contributed by atoms with Crippen LogP contribution in [-0.4, -0.2) is 29.6 Å². The summed E-state index contributed by atoms with van der Waals surface area (Å²) in [6.45, 7) is 4.33. The number of dihydropyridines is 1. The lowest BCUT2D eigenvalue weighted by molar-refractivity contribution is -0.113. The lowest BCUT2D eigenvalue weighted by Gasteiger charge is -2.28. The van der Waals surface area contributed by atoms with Gasteiger partial charge in [-0.25, -0.2) is 4.99 Å². The van der Waals surface area contributed by atoms with Crippen molar-refractivity contribution in [3.63, 3.8) is 0 Å². The Labute approximate surface area is 101 Å². The van der Waals surface area contributed by atoms with Crippen molar-refractivity contribution in [1.29, 1.82) is 0 Å². The number of aliphatic imine (C=N–C) groups is 1. The summed E-state index contributed by atoms with van der Waals surface area (Å²) in [7, 11) is 0. The Morgan fingerprint density at radius 2 is 1.94 bits per heavy atom. The Hall–Kier alpha value is -1.64. The van der Waals surface area contributed by atoms with Crippen molar-refractivity contribution in [3.8, 4) is 0 Å². The van der Waals surface area contributed by atoms with Gasteiger partial charge in [0.05, 0.1) is 5.71 Å². The lowest BCUT2D eigenvalue weighted by Crippen LogP contribution is -2.27. The molecule has 3 nitrogen and oxygen atoms in total. The first kappa shape index (κ1) is 10.5. The fourth-order valence-electron chi connectivity index (χ4n) is 2.75. The molecular formula is C14H16N2O. The van der Waals surface area contributed by atoms with Crippen LogP contribution in [0.5, 0.6) is 0 Å². The van der Waals surface area contributed by atoms with Gasteiger partial charge in [-0.3, -0.25) is 4.79 Å². The van der Waals surface area contributed by atoms with Gasteiger partial charge in [-0.05, 0) is 31.4 Å². The number of allylic oxidation sites excluding steroid dienone is 4. The number of rotatable bonds is 1. The van der Waals surface area contributed by atoms with Crippen molar-refractivity contribution in [1.82, 2.24) is 4.90 Å². The highest BCUT2D eigenvalue weighted by Gasteiger charge is 2.26. The second-order valence-electron chi connectivity index (χ2n) is 4.78. The highest BCUT2D eigenvalue weighted by atomic mass is 16.1. The van der Waals surface area contributed by atoms with Crippen LogP contribution in [0.4, 0.5) is 0 Å². The monoisotopic (exact) mass is 228 g/mol. The second kappa shape index (κ2) is 3.99. The molecule has 0 aromatic heterocycles. The molecule has 1 aliphatic carbocycles. The molecule has 0 spiro atoms. The van der Waals surface area contributed by atoms with Crippen LogP contribution >= 0.6 is 0 Å². The van der Waals surface area contributed by atoms with E-state index in [2.05, 4.69) is 29.0 Å². The topological polar surface area (TPSA) is 32.7 Å². The number of fused-ring (bicyclic) bond motifs is 1. The Morgan fingerprint density at radius 1 is 1.24 bits per heavy atom. The molecule has 0 bridgehead atoms. The molecule has 17 heavy (non-hydrogen) atoms. The molecule has 1 unspecified atom stereocenters. The molecule has 1 atom stereocenters. The van der Waals surface area contributed by atoms with Crippen molar-refractivity contribution in [2.24, 2.45) is 10.9 Å². The van der Waals surface area contributed by atoms with Crippen LogP contribution < -0.4 is 0 Å². The molecule has 0 radical (unpaired) electrons. The Kier molecular flexibility index (Phi) is 2.46. The summed E-state index contributed by atoms with van der Waals surface area (Å²) in [6, 6.07) is 0. The summed E-state index contributed by atoms with van der Waals surface area (Å²) >= 11 is 0. The fourth-order valence-corrected chi connectivity index (χ4v) is 2.75. The first-order valence-corrected chi connectivity index (χ1v) is 6.21. The Morgan fingerprint density at radius 3 is 2.71 bits per heavy atom. The van der Waals surface area contributed by atoms with Gasteiger partial charge >= 0.3 is 0 Å². The van der Waals surface area contributed by atoms with Crippen molar-refractivity contribution in [3.05, 3.63) is 35.6 Å². The number of nitrogens with zero attached hydrogens (tertiary/aromatic N) is 2. The summed E-state index contributed by atoms with van der Waals surface area (Å²) in [5.41, 5.74) is 3.35. The maximum absolute atomic E-state index is 11.4. The molecule has 0 aromatic rings. The van der Waals surface area contributed by atoms with Crippen LogP contribution in [0, 0.1) is 5.92 Å². The molecular weight excluding hydrogens is 212 g/mol. The van der Waals surface area contributed by atoms with E-state index in [0.29, 0.717) is 0 Å². The van der Waals surface area contributed by atoms with Crippen LogP contribution in [0.3, 0.4) is 0 Å². The van der Waals surface area contributed by atoms with Gasteiger partial charge in [0.15, 0.2) is 0 Å². The summed E-state index contributed by atoms with van der Waals surface area (Å²) in [5.74, 6) is 0.0609. The quantitative estimate of drug-likeness (QED) is 0.688. The predicted molar refractivity (Wildman–Crippen MR) is 67.7 cm³/mol. The van der Waals surface area contributed by atoms with Gasteiger partial charge in [-0.15, -0.1) is 0 Å². The lowest BCUT2D eigenvalue weighted by atomic mass is 9.88. The molecule has 88 valence electrons. The van der Waals surface area contributed by atoms with Crippen LogP contribution in [-0.2, 0) is 4.79 Å². The third-order valence-electron chi connectivity index (χ3n) is 3.67. The third-order valence-corrected chi connectivity index (χ3v) is 3.67. The first-order chi connectivity index (χ1) is 8.25. The van der Waals surface area contributed by atoms with Gasteiger partial charge in [0, 0.05) is 30.8 Å². The molecule has 3 aliphatic rings. The van der Waals surface area contributed by atoms with E-state index in [9.17, 15) is 4.79 Å². The van der Waals surface area contributed by atoms with Crippen molar-refractivity contribution in [2.75, 3.05) is 13.1 Å². The average Bonchev–Trinajstić information content (AvgIpc) is 2.84. The Balaban J connectivity index is 1.97. The molecule has 2 aliphatic heterocycles. The van der Waals surface area contributed by atoms with Gasteiger partial charge in [-0.1, -0.05) is 12.2 Å². The minimum absolute atomic E-state index is 0.133. The minimum atomic E-state index is -0.133. The number of amides is 1. The average molecular weight is 228 g/mol. The van der Waals surface area contributed by atoms with Gasteiger partial charge in [0.2, 0.25) is 0 Å². The van der Waals surface area contributed by atoms with E-state index in [1.165, 1.54) is 18.5 Å². The summed E-state index contributed by atoms with van der Waals surface area (Å²) in [4.78, 5) is 17.9. The molecule has 1 amide bonds. The molecule has 0 aromatic carbocycles. The minimum Gasteiger partial charge on any atom is -0.371 e. The molecule has 3 heteroatoms. The van der Waals surface area contributed by atoms with E-state index >= 15 is 0 Å². The zero-order chi connectivity index (χ0) is 11.8. The highest BCUT2D eigenvalue weighted by molar-refractivity contribution is 6.14. The zero-order valence-electron chi connectivity index (χ0n) is 10.0. The standard InChI is InChI=1S/C14H16N2O/c1-10-12(16-8-2-3-9-16)6-4-11-5-7-13(17)15-14(10)11/h4-7,11H,2-3,8-9H2,1H3. The predicted octanol–water partition coefficient (Wildman–Crippen LogP) is 2.08. The molecule has 0 saturated carbocycles. The van der Waals surface area contributed by atoms with E-state index in [-0.39, 0.29) is 11.8 Å². The van der Waals surface area contributed by atoms with Crippen LogP contribution in [0.1, 0.15) is 19.8 Å². The van der Waals surface area contributed by atoms with Crippen molar-refractivity contribution >= 4 is 11.6 Å². The highest BCUT2D eigenvalue weighted by Crippen LogP contribution is 2.28.